The summed E-state index contributed by atoms with van der Waals surface area (Å²) in [5.41, 5.74) is -0.529. The lowest BCUT2D eigenvalue weighted by molar-refractivity contribution is -0.0235. The second-order valence-electron chi connectivity index (χ2n) is 10.3. The third-order valence-corrected chi connectivity index (χ3v) is 12.7. The van der Waals surface area contributed by atoms with Crippen molar-refractivity contribution in [2.75, 3.05) is 6.61 Å². The van der Waals surface area contributed by atoms with Crippen LogP contribution >= 0.6 is 15.9 Å². The molecular formula is C27H33BrN2O5Si. The van der Waals surface area contributed by atoms with E-state index in [9.17, 15) is 14.7 Å². The average molecular weight is 574 g/mol. The number of nitrogens with one attached hydrogen (secondary N) is 1. The van der Waals surface area contributed by atoms with Crippen LogP contribution in [0.15, 0.2) is 76.4 Å². The van der Waals surface area contributed by atoms with Gasteiger partial charge in [0.25, 0.3) is 13.9 Å². The van der Waals surface area contributed by atoms with Crippen molar-refractivity contribution in [1.82, 2.24) is 9.55 Å². The molecule has 4 rings (SSSR count). The molecule has 36 heavy (non-hydrogen) atoms. The first-order chi connectivity index (χ1) is 17.1. The molecule has 0 bridgehead atoms. The van der Waals surface area contributed by atoms with Crippen LogP contribution in [-0.2, 0) is 9.16 Å². The number of aromatic amines is 1. The number of hydrogen-bond donors (Lipinski definition) is 2. The summed E-state index contributed by atoms with van der Waals surface area (Å²) >= 11 is 3.57. The molecule has 1 aliphatic heterocycles. The van der Waals surface area contributed by atoms with Gasteiger partial charge in [0, 0.05) is 18.2 Å². The summed E-state index contributed by atoms with van der Waals surface area (Å²) in [6.45, 7) is 8.11. The summed E-state index contributed by atoms with van der Waals surface area (Å²) in [6, 6.07) is 20.6. The highest BCUT2D eigenvalue weighted by Gasteiger charge is 2.54. The van der Waals surface area contributed by atoms with E-state index in [2.05, 4.69) is 66.0 Å². The molecule has 2 heterocycles. The summed E-state index contributed by atoms with van der Waals surface area (Å²) in [4.78, 5) is 26.5. The monoisotopic (exact) mass is 572 g/mol. The highest BCUT2D eigenvalue weighted by molar-refractivity contribution is 9.09. The molecule has 0 spiro atoms. The lowest BCUT2D eigenvalue weighted by Crippen LogP contribution is -2.68. The second-order valence-corrected chi connectivity index (χ2v) is 15.7. The minimum atomic E-state index is -2.91. The van der Waals surface area contributed by atoms with Gasteiger partial charge in [-0.3, -0.25) is 14.3 Å². The van der Waals surface area contributed by atoms with E-state index in [1.54, 1.807) is 6.92 Å². The molecule has 0 unspecified atom stereocenters. The van der Waals surface area contributed by atoms with Gasteiger partial charge in [-0.1, -0.05) is 97.4 Å². The van der Waals surface area contributed by atoms with Gasteiger partial charge >= 0.3 is 5.69 Å². The van der Waals surface area contributed by atoms with E-state index < -0.39 is 42.8 Å². The number of halogens is 1. The van der Waals surface area contributed by atoms with Crippen molar-refractivity contribution in [3.8, 4) is 0 Å². The van der Waals surface area contributed by atoms with Crippen LogP contribution in [0.3, 0.4) is 0 Å². The van der Waals surface area contributed by atoms with Crippen LogP contribution < -0.4 is 21.6 Å². The summed E-state index contributed by atoms with van der Waals surface area (Å²) in [5.74, 6) is 0. The van der Waals surface area contributed by atoms with Crippen LogP contribution in [0.4, 0.5) is 0 Å². The molecule has 0 aliphatic carbocycles. The number of benzene rings is 2. The largest absolute Gasteiger partial charge is 0.402 e. The van der Waals surface area contributed by atoms with Crippen molar-refractivity contribution >= 4 is 34.6 Å². The number of aromatic nitrogens is 2. The molecule has 4 atom stereocenters. The van der Waals surface area contributed by atoms with Crippen molar-refractivity contribution in [3.05, 3.63) is 93.3 Å². The van der Waals surface area contributed by atoms with Crippen LogP contribution in [0.1, 0.15) is 39.0 Å². The van der Waals surface area contributed by atoms with E-state index in [4.69, 9.17) is 9.16 Å². The Morgan fingerprint density at radius 1 is 1.11 bits per heavy atom. The van der Waals surface area contributed by atoms with Crippen molar-refractivity contribution in [3.63, 3.8) is 0 Å². The average Bonchev–Trinajstić information content (AvgIpc) is 3.28. The van der Waals surface area contributed by atoms with Gasteiger partial charge in [0.15, 0.2) is 0 Å². The highest BCUT2D eigenvalue weighted by Crippen LogP contribution is 2.42. The number of H-pyrrole nitrogens is 1. The van der Waals surface area contributed by atoms with E-state index in [0.29, 0.717) is 12.0 Å². The predicted molar refractivity (Wildman–Crippen MR) is 147 cm³/mol. The number of aliphatic hydroxyl groups excluding tert-OH is 1. The Labute approximate surface area is 220 Å². The molecule has 1 aliphatic rings. The fourth-order valence-electron chi connectivity index (χ4n) is 5.09. The number of ether oxygens (including phenoxy) is 1. The molecular weight excluding hydrogens is 540 g/mol. The Kier molecular flexibility index (Phi) is 7.87. The number of nitrogens with zero attached hydrogens (tertiary/aromatic N) is 1. The lowest BCUT2D eigenvalue weighted by Gasteiger charge is -2.45. The molecule has 3 aromatic rings. The van der Waals surface area contributed by atoms with Crippen LogP contribution in [0.25, 0.3) is 0 Å². The van der Waals surface area contributed by atoms with Gasteiger partial charge in [-0.15, -0.1) is 0 Å². The van der Waals surface area contributed by atoms with Gasteiger partial charge in [0.1, 0.15) is 6.23 Å². The van der Waals surface area contributed by atoms with Gasteiger partial charge in [-0.2, -0.15) is 0 Å². The third-order valence-electron chi connectivity index (χ3n) is 6.85. The van der Waals surface area contributed by atoms with E-state index in [1.165, 1.54) is 10.8 Å². The molecule has 1 saturated heterocycles. The zero-order valence-corrected chi connectivity index (χ0v) is 23.6. The molecule has 0 radical (unpaired) electrons. The summed E-state index contributed by atoms with van der Waals surface area (Å²) in [7, 11) is -2.91. The minimum Gasteiger partial charge on any atom is -0.402 e. The molecule has 7 nitrogen and oxygen atoms in total. The maximum Gasteiger partial charge on any atom is 0.330 e. The Bertz CT molecular complexity index is 1250. The van der Waals surface area contributed by atoms with Gasteiger partial charge in [-0.25, -0.2) is 4.79 Å². The molecule has 0 saturated carbocycles. The van der Waals surface area contributed by atoms with Crippen LogP contribution in [-0.4, -0.2) is 46.6 Å². The van der Waals surface area contributed by atoms with Gasteiger partial charge in [0.2, 0.25) is 0 Å². The zero-order valence-electron chi connectivity index (χ0n) is 21.0. The number of aliphatic hydroxyl groups is 1. The molecule has 1 aromatic heterocycles. The lowest BCUT2D eigenvalue weighted by atomic mass is 10.1. The molecule has 2 N–H and O–H groups in total. The SMILES string of the molecule is Cc1cn([C@@H]2C[C@H](O[Si](c3ccccc3)(c3ccccc3)C(C)(C)C)[C@@H]([C@@H](Br)CO)O2)c(=O)[nH]c1=O. The summed E-state index contributed by atoms with van der Waals surface area (Å²) in [6.07, 6.45) is 0.337. The van der Waals surface area contributed by atoms with Crippen molar-refractivity contribution in [2.24, 2.45) is 0 Å². The Balaban J connectivity index is 1.83. The van der Waals surface area contributed by atoms with Crippen molar-refractivity contribution in [1.29, 1.82) is 0 Å². The smallest absolute Gasteiger partial charge is 0.330 e. The Morgan fingerprint density at radius 2 is 1.67 bits per heavy atom. The Hall–Kier alpha value is -2.30. The minimum absolute atomic E-state index is 0.155. The summed E-state index contributed by atoms with van der Waals surface area (Å²) < 4.78 is 15.1. The normalized spacial score (nSPS) is 21.4. The first-order valence-corrected chi connectivity index (χ1v) is 14.9. The molecule has 1 fully saturated rings. The van der Waals surface area contributed by atoms with Gasteiger partial charge in [-0.05, 0) is 22.3 Å². The van der Waals surface area contributed by atoms with Gasteiger partial charge < -0.3 is 14.3 Å². The fraction of sp³-hybridized carbons (Fsp3) is 0.407. The van der Waals surface area contributed by atoms with Crippen LogP contribution in [0.5, 0.6) is 0 Å². The standard InChI is InChI=1S/C27H33BrN2O5Si/c1-18-16-30(26(33)29-25(18)32)23-15-22(24(34-23)21(28)17-31)35-36(27(2,3)4,19-11-7-5-8-12-19)20-13-9-6-10-14-20/h5-14,16,21-24,31H,15,17H2,1-4H3,(H,29,32,33)/t21-,22-,23-,24+/m0/s1. The van der Waals surface area contributed by atoms with Crippen LogP contribution in [0, 0.1) is 6.92 Å². The molecule has 9 heteroatoms. The third kappa shape index (κ3) is 4.95. The van der Waals surface area contributed by atoms with E-state index in [-0.39, 0.29) is 11.6 Å². The quantitative estimate of drug-likeness (QED) is 0.335. The van der Waals surface area contributed by atoms with E-state index in [1.807, 2.05) is 36.4 Å². The summed E-state index contributed by atoms with van der Waals surface area (Å²) in [5, 5.41) is 12.0. The first kappa shape index (κ1) is 26.8. The number of hydrogen-bond acceptors (Lipinski definition) is 5. The first-order valence-electron chi connectivity index (χ1n) is 12.1. The number of aryl methyl sites for hydroxylation is 1. The second kappa shape index (κ2) is 10.6. The van der Waals surface area contributed by atoms with Crippen LogP contribution in [0.2, 0.25) is 5.04 Å². The fourth-order valence-corrected chi connectivity index (χ4v) is 10.3. The van der Waals surface area contributed by atoms with E-state index in [0.717, 1.165) is 10.4 Å². The maximum absolute atomic E-state index is 12.7. The molecule has 0 amide bonds. The number of rotatable bonds is 7. The molecule has 192 valence electrons. The number of alkyl halides is 1. The maximum atomic E-state index is 12.7. The Morgan fingerprint density at radius 3 is 2.17 bits per heavy atom. The predicted octanol–water partition coefficient (Wildman–Crippen LogP) is 2.83. The zero-order chi connectivity index (χ0) is 26.1. The van der Waals surface area contributed by atoms with Gasteiger partial charge in [0.05, 0.1) is 23.6 Å². The molecule has 2 aromatic carbocycles. The topological polar surface area (TPSA) is 93.6 Å². The van der Waals surface area contributed by atoms with Crippen molar-refractivity contribution in [2.45, 2.75) is 62.4 Å². The van der Waals surface area contributed by atoms with E-state index >= 15 is 0 Å². The van der Waals surface area contributed by atoms with Crippen molar-refractivity contribution < 1.29 is 14.3 Å². The highest BCUT2D eigenvalue weighted by atomic mass is 79.9.